The van der Waals surface area contributed by atoms with E-state index >= 15 is 0 Å². The van der Waals surface area contributed by atoms with Crippen molar-refractivity contribution >= 4 is 27.5 Å². The van der Waals surface area contributed by atoms with E-state index in [1.807, 2.05) is 6.92 Å². The predicted octanol–water partition coefficient (Wildman–Crippen LogP) is 2.66. The number of hydrogen-bond donors (Lipinski definition) is 1. The number of nitrogens with one attached hydrogen (secondary N) is 1. The van der Waals surface area contributed by atoms with Crippen LogP contribution in [0.4, 0.5) is 0 Å². The number of carbonyl (C=O) groups is 1. The van der Waals surface area contributed by atoms with Crippen LogP contribution in [0.15, 0.2) is 29.2 Å². The maximum absolute atomic E-state index is 12.1. The van der Waals surface area contributed by atoms with E-state index in [0.717, 1.165) is 12.8 Å². The molecular weight excluding hydrogens is 324 g/mol. The van der Waals surface area contributed by atoms with Crippen molar-refractivity contribution in [3.8, 4) is 0 Å². The van der Waals surface area contributed by atoms with Crippen LogP contribution in [-0.4, -0.2) is 38.9 Å². The Morgan fingerprint density at radius 2 is 2.05 bits per heavy atom. The molecule has 7 heteroatoms. The first-order valence-electron chi connectivity index (χ1n) is 7.43. The van der Waals surface area contributed by atoms with E-state index in [1.54, 1.807) is 17.0 Å². The summed E-state index contributed by atoms with van der Waals surface area (Å²) in [5.41, 5.74) is 0. The van der Waals surface area contributed by atoms with Crippen LogP contribution in [0, 0.1) is 0 Å². The number of benzene rings is 1. The maximum Gasteiger partial charge on any atom is 0.240 e. The van der Waals surface area contributed by atoms with E-state index in [9.17, 15) is 13.2 Å². The molecule has 124 valence electrons. The Labute approximate surface area is 137 Å². The molecule has 1 aromatic rings. The predicted molar refractivity (Wildman–Crippen MR) is 88.4 cm³/mol. The average Bonchev–Trinajstić information content (AvgIpc) is 2.48. The lowest BCUT2D eigenvalue weighted by molar-refractivity contribution is -0.130. The first-order valence-corrected chi connectivity index (χ1v) is 9.29. The van der Waals surface area contributed by atoms with Crippen molar-refractivity contribution < 1.29 is 13.2 Å². The normalized spacial score (nSPS) is 11.4. The zero-order valence-corrected chi connectivity index (χ0v) is 14.6. The third-order valence-corrected chi connectivity index (χ3v) is 4.95. The van der Waals surface area contributed by atoms with Gasteiger partial charge in [0, 0.05) is 31.1 Å². The quantitative estimate of drug-likeness (QED) is 0.747. The minimum atomic E-state index is -3.63. The first kappa shape index (κ1) is 18.9. The smallest absolute Gasteiger partial charge is 0.240 e. The van der Waals surface area contributed by atoms with Crippen molar-refractivity contribution in [2.45, 2.75) is 38.0 Å². The number of halogens is 1. The van der Waals surface area contributed by atoms with Crippen molar-refractivity contribution in [1.29, 1.82) is 0 Å². The second-order valence-corrected chi connectivity index (χ2v) is 7.14. The Morgan fingerprint density at radius 3 is 2.64 bits per heavy atom. The third-order valence-electron chi connectivity index (χ3n) is 3.25. The SMILES string of the molecule is CCCCN(CC)C(=O)CCNS(=O)(=O)c1cccc(Cl)c1. The molecule has 1 rings (SSSR count). The second-order valence-electron chi connectivity index (χ2n) is 4.93. The van der Waals surface area contributed by atoms with Gasteiger partial charge in [-0.15, -0.1) is 0 Å². The zero-order chi connectivity index (χ0) is 16.6. The van der Waals surface area contributed by atoms with Crippen LogP contribution >= 0.6 is 11.6 Å². The molecule has 0 fully saturated rings. The average molecular weight is 347 g/mol. The largest absolute Gasteiger partial charge is 0.343 e. The highest BCUT2D eigenvalue weighted by Crippen LogP contribution is 2.15. The van der Waals surface area contributed by atoms with Gasteiger partial charge in [0.2, 0.25) is 15.9 Å². The molecule has 0 aliphatic carbocycles. The van der Waals surface area contributed by atoms with Gasteiger partial charge in [-0.3, -0.25) is 4.79 Å². The summed E-state index contributed by atoms with van der Waals surface area (Å²) in [7, 11) is -3.63. The summed E-state index contributed by atoms with van der Waals surface area (Å²) in [6.45, 7) is 5.42. The number of nitrogens with zero attached hydrogens (tertiary/aromatic N) is 1. The lowest BCUT2D eigenvalue weighted by Gasteiger charge is -2.20. The molecular formula is C15H23ClN2O3S. The van der Waals surface area contributed by atoms with Crippen molar-refractivity contribution in [3.63, 3.8) is 0 Å². The Kier molecular flexibility index (Phi) is 7.85. The van der Waals surface area contributed by atoms with Crippen molar-refractivity contribution in [1.82, 2.24) is 9.62 Å². The van der Waals surface area contributed by atoms with Gasteiger partial charge in [0.25, 0.3) is 0 Å². The molecule has 0 bridgehead atoms. The van der Waals surface area contributed by atoms with Crippen molar-refractivity contribution in [3.05, 3.63) is 29.3 Å². The molecule has 0 aromatic heterocycles. The summed E-state index contributed by atoms with van der Waals surface area (Å²) in [4.78, 5) is 13.9. The molecule has 0 saturated heterocycles. The highest BCUT2D eigenvalue weighted by Gasteiger charge is 2.16. The highest BCUT2D eigenvalue weighted by atomic mass is 35.5. The molecule has 0 radical (unpaired) electrons. The zero-order valence-electron chi connectivity index (χ0n) is 13.0. The number of carbonyl (C=O) groups excluding carboxylic acids is 1. The van der Waals surface area contributed by atoms with Gasteiger partial charge in [-0.25, -0.2) is 13.1 Å². The second kappa shape index (κ2) is 9.12. The minimum absolute atomic E-state index is 0.0373. The lowest BCUT2D eigenvalue weighted by atomic mass is 10.3. The molecule has 0 aliphatic heterocycles. The molecule has 0 heterocycles. The van der Waals surface area contributed by atoms with Gasteiger partial charge in [-0.2, -0.15) is 0 Å². The van der Waals surface area contributed by atoms with Crippen LogP contribution in [0.5, 0.6) is 0 Å². The molecule has 1 amide bonds. The van der Waals surface area contributed by atoms with Crippen LogP contribution in [0.3, 0.4) is 0 Å². The monoisotopic (exact) mass is 346 g/mol. The topological polar surface area (TPSA) is 66.5 Å². The Balaban J connectivity index is 2.53. The molecule has 0 spiro atoms. The molecule has 22 heavy (non-hydrogen) atoms. The first-order chi connectivity index (χ1) is 10.4. The summed E-state index contributed by atoms with van der Waals surface area (Å²) in [5.74, 6) is -0.0373. The Hall–Kier alpha value is -1.11. The third kappa shape index (κ3) is 5.94. The van der Waals surface area contributed by atoms with Crippen LogP contribution in [0.1, 0.15) is 33.1 Å². The molecule has 0 aliphatic rings. The standard InChI is InChI=1S/C15H23ClN2O3S/c1-3-5-11-18(4-2)15(19)9-10-17-22(20,21)14-8-6-7-13(16)12-14/h6-8,12,17H,3-5,9-11H2,1-2H3. The van der Waals surface area contributed by atoms with E-state index in [2.05, 4.69) is 11.6 Å². The van der Waals surface area contributed by atoms with Gasteiger partial charge in [0.15, 0.2) is 0 Å². The van der Waals surface area contributed by atoms with Crippen molar-refractivity contribution in [2.24, 2.45) is 0 Å². The van der Waals surface area contributed by atoms with Crippen LogP contribution < -0.4 is 4.72 Å². The summed E-state index contributed by atoms with van der Waals surface area (Å²) in [5, 5.41) is 0.357. The van der Waals surface area contributed by atoms with E-state index < -0.39 is 10.0 Å². The number of amides is 1. The molecule has 0 unspecified atom stereocenters. The minimum Gasteiger partial charge on any atom is -0.343 e. The summed E-state index contributed by atoms with van der Waals surface area (Å²) < 4.78 is 26.6. The van der Waals surface area contributed by atoms with E-state index in [1.165, 1.54) is 12.1 Å². The lowest BCUT2D eigenvalue weighted by Crippen LogP contribution is -2.35. The van der Waals surface area contributed by atoms with Crippen LogP contribution in [-0.2, 0) is 14.8 Å². The van der Waals surface area contributed by atoms with Gasteiger partial charge >= 0.3 is 0 Å². The van der Waals surface area contributed by atoms with Crippen LogP contribution in [0.25, 0.3) is 0 Å². The fourth-order valence-electron chi connectivity index (χ4n) is 1.98. The highest BCUT2D eigenvalue weighted by molar-refractivity contribution is 7.89. The molecule has 0 atom stereocenters. The number of rotatable bonds is 9. The van der Waals surface area contributed by atoms with E-state index in [4.69, 9.17) is 11.6 Å². The van der Waals surface area contributed by atoms with Crippen molar-refractivity contribution in [2.75, 3.05) is 19.6 Å². The van der Waals surface area contributed by atoms with Gasteiger partial charge in [0.05, 0.1) is 4.90 Å². The summed E-state index contributed by atoms with van der Waals surface area (Å²) in [6.07, 6.45) is 2.12. The Bertz CT molecular complexity index is 590. The van der Waals surface area contributed by atoms with E-state index in [-0.39, 0.29) is 23.8 Å². The molecule has 1 aromatic carbocycles. The van der Waals surface area contributed by atoms with E-state index in [0.29, 0.717) is 18.1 Å². The van der Waals surface area contributed by atoms with Crippen LogP contribution in [0.2, 0.25) is 5.02 Å². The molecule has 5 nitrogen and oxygen atoms in total. The van der Waals surface area contributed by atoms with Gasteiger partial charge in [-0.05, 0) is 31.5 Å². The summed E-state index contributed by atoms with van der Waals surface area (Å²) in [6, 6.07) is 6.03. The fourth-order valence-corrected chi connectivity index (χ4v) is 3.31. The van der Waals surface area contributed by atoms with Gasteiger partial charge in [-0.1, -0.05) is 31.0 Å². The molecule has 0 saturated carbocycles. The summed E-state index contributed by atoms with van der Waals surface area (Å²) >= 11 is 5.79. The maximum atomic E-state index is 12.1. The van der Waals surface area contributed by atoms with Gasteiger partial charge < -0.3 is 4.90 Å². The number of hydrogen-bond acceptors (Lipinski definition) is 3. The number of sulfonamides is 1. The Morgan fingerprint density at radius 1 is 1.32 bits per heavy atom. The van der Waals surface area contributed by atoms with Gasteiger partial charge in [0.1, 0.15) is 0 Å². The number of unbranched alkanes of at least 4 members (excludes halogenated alkanes) is 1. The molecule has 1 N–H and O–H groups in total. The fraction of sp³-hybridized carbons (Fsp3) is 0.533.